The molecule has 1 aliphatic heterocycles. The molecule has 1 unspecified atom stereocenters. The van der Waals surface area contributed by atoms with Crippen LogP contribution in [0.5, 0.6) is 0 Å². The lowest BCUT2D eigenvalue weighted by atomic mass is 10.2. The number of hydrogen-bond donors (Lipinski definition) is 4. The summed E-state index contributed by atoms with van der Waals surface area (Å²) in [7, 11) is 1.59. The summed E-state index contributed by atoms with van der Waals surface area (Å²) >= 11 is 6.17. The molecule has 3 heterocycles. The van der Waals surface area contributed by atoms with Crippen molar-refractivity contribution in [3.63, 3.8) is 0 Å². The smallest absolute Gasteiger partial charge is 0.241 e. The topological polar surface area (TPSA) is 109 Å². The van der Waals surface area contributed by atoms with Crippen molar-refractivity contribution in [2.45, 2.75) is 25.4 Å². The van der Waals surface area contributed by atoms with Crippen LogP contribution in [0.2, 0.25) is 5.02 Å². The quantitative estimate of drug-likeness (QED) is 0.580. The first-order valence-corrected chi connectivity index (χ1v) is 8.51. The summed E-state index contributed by atoms with van der Waals surface area (Å²) in [6.07, 6.45) is 7.21. The molecule has 9 nitrogen and oxygen atoms in total. The van der Waals surface area contributed by atoms with E-state index in [2.05, 4.69) is 36.3 Å². The summed E-state index contributed by atoms with van der Waals surface area (Å²) in [5, 5.41) is 16.9. The largest absolute Gasteiger partial charge is 0.367 e. The van der Waals surface area contributed by atoms with Gasteiger partial charge in [0.25, 0.3) is 0 Å². The second kappa shape index (κ2) is 8.13. The lowest BCUT2D eigenvalue weighted by Gasteiger charge is -2.13. The number of carbonyl (C=O) groups is 1. The van der Waals surface area contributed by atoms with E-state index in [-0.39, 0.29) is 12.5 Å². The molecule has 0 aliphatic carbocycles. The van der Waals surface area contributed by atoms with Gasteiger partial charge in [0.2, 0.25) is 11.9 Å². The van der Waals surface area contributed by atoms with Gasteiger partial charge < -0.3 is 21.3 Å². The van der Waals surface area contributed by atoms with E-state index in [0.29, 0.717) is 28.5 Å². The van der Waals surface area contributed by atoms with Crippen LogP contribution < -0.4 is 21.3 Å². The van der Waals surface area contributed by atoms with Crippen LogP contribution >= 0.6 is 11.6 Å². The number of nitrogens with one attached hydrogen (secondary N) is 4. The van der Waals surface area contributed by atoms with Crippen LogP contribution in [-0.2, 0) is 11.3 Å². The molecule has 1 aliphatic rings. The number of aromatic nitrogens is 4. The van der Waals surface area contributed by atoms with E-state index >= 15 is 0 Å². The van der Waals surface area contributed by atoms with Gasteiger partial charge in [-0.05, 0) is 19.4 Å². The molecule has 25 heavy (non-hydrogen) atoms. The number of rotatable bonds is 7. The van der Waals surface area contributed by atoms with Crippen molar-refractivity contribution in [2.24, 2.45) is 0 Å². The van der Waals surface area contributed by atoms with Crippen LogP contribution in [0, 0.1) is 0 Å². The fourth-order valence-electron chi connectivity index (χ4n) is 2.57. The number of halogens is 1. The van der Waals surface area contributed by atoms with Crippen molar-refractivity contribution < 1.29 is 4.79 Å². The molecule has 4 N–H and O–H groups in total. The summed E-state index contributed by atoms with van der Waals surface area (Å²) in [5.74, 6) is 0.876. The van der Waals surface area contributed by atoms with Crippen LogP contribution in [0.1, 0.15) is 12.8 Å². The molecule has 3 rings (SSSR count). The molecule has 1 amide bonds. The lowest BCUT2D eigenvalue weighted by Crippen LogP contribution is -2.29. The molecule has 0 saturated carbocycles. The van der Waals surface area contributed by atoms with E-state index in [0.717, 1.165) is 19.5 Å². The standard InChI is InChI=1S/C15H21ClN8O/c1-17-13(25)9-24-8-11(6-21-24)22-15-20-7-12(16)14(23-15)19-5-10-3-2-4-18-10/h6-8,10,18H,2-5,9H2,1H3,(H,17,25)(H2,19,20,22,23). The predicted octanol–water partition coefficient (Wildman–Crippen LogP) is 0.980. The maximum Gasteiger partial charge on any atom is 0.241 e. The average Bonchev–Trinajstić information content (AvgIpc) is 3.27. The van der Waals surface area contributed by atoms with Gasteiger partial charge in [-0.25, -0.2) is 4.98 Å². The van der Waals surface area contributed by atoms with E-state index in [1.807, 2.05) is 0 Å². The molecular formula is C15H21ClN8O. The van der Waals surface area contributed by atoms with Gasteiger partial charge in [0.05, 0.1) is 18.1 Å². The number of anilines is 3. The molecule has 0 aromatic carbocycles. The summed E-state index contributed by atoms with van der Waals surface area (Å²) < 4.78 is 1.53. The Morgan fingerprint density at radius 3 is 3.12 bits per heavy atom. The van der Waals surface area contributed by atoms with Crippen LogP contribution in [0.4, 0.5) is 17.5 Å². The van der Waals surface area contributed by atoms with Gasteiger partial charge in [0.1, 0.15) is 11.6 Å². The Hall–Kier alpha value is -2.39. The van der Waals surface area contributed by atoms with Gasteiger partial charge in [-0.3, -0.25) is 9.48 Å². The van der Waals surface area contributed by atoms with Crippen LogP contribution in [0.15, 0.2) is 18.6 Å². The number of likely N-dealkylation sites (N-methyl/N-ethyl adjacent to an activating group) is 1. The molecule has 1 fully saturated rings. The molecule has 134 valence electrons. The van der Waals surface area contributed by atoms with Crippen LogP contribution in [-0.4, -0.2) is 51.8 Å². The molecule has 2 aromatic heterocycles. The highest BCUT2D eigenvalue weighted by atomic mass is 35.5. The summed E-state index contributed by atoms with van der Waals surface area (Å²) in [4.78, 5) is 19.9. The Balaban J connectivity index is 1.62. The van der Waals surface area contributed by atoms with Crippen molar-refractivity contribution in [3.05, 3.63) is 23.6 Å². The minimum absolute atomic E-state index is 0.121. The first-order valence-electron chi connectivity index (χ1n) is 8.14. The highest BCUT2D eigenvalue weighted by Gasteiger charge is 2.15. The minimum Gasteiger partial charge on any atom is -0.367 e. The normalized spacial score (nSPS) is 16.6. The van der Waals surface area contributed by atoms with Gasteiger partial charge in [-0.1, -0.05) is 11.6 Å². The predicted molar refractivity (Wildman–Crippen MR) is 96.1 cm³/mol. The molecule has 1 saturated heterocycles. The van der Waals surface area contributed by atoms with Crippen molar-refractivity contribution in [2.75, 3.05) is 30.8 Å². The fourth-order valence-corrected chi connectivity index (χ4v) is 2.73. The third-order valence-corrected chi connectivity index (χ3v) is 4.17. The van der Waals surface area contributed by atoms with Gasteiger partial charge in [-0.15, -0.1) is 0 Å². The van der Waals surface area contributed by atoms with E-state index < -0.39 is 0 Å². The highest BCUT2D eigenvalue weighted by molar-refractivity contribution is 6.32. The zero-order chi connectivity index (χ0) is 17.6. The van der Waals surface area contributed by atoms with E-state index in [1.165, 1.54) is 11.1 Å². The first kappa shape index (κ1) is 17.4. The van der Waals surface area contributed by atoms with Crippen molar-refractivity contribution in [1.29, 1.82) is 0 Å². The first-order chi connectivity index (χ1) is 12.1. The Morgan fingerprint density at radius 2 is 2.36 bits per heavy atom. The Labute approximate surface area is 150 Å². The van der Waals surface area contributed by atoms with Gasteiger partial charge >= 0.3 is 0 Å². The van der Waals surface area contributed by atoms with E-state index in [1.54, 1.807) is 25.6 Å². The number of carbonyl (C=O) groups excluding carboxylic acids is 1. The van der Waals surface area contributed by atoms with E-state index in [9.17, 15) is 4.79 Å². The second-order valence-electron chi connectivity index (χ2n) is 5.79. The maximum atomic E-state index is 11.4. The van der Waals surface area contributed by atoms with Gasteiger partial charge in [0.15, 0.2) is 5.82 Å². The Kier molecular flexibility index (Phi) is 5.67. The zero-order valence-corrected chi connectivity index (χ0v) is 14.7. The van der Waals surface area contributed by atoms with E-state index in [4.69, 9.17) is 11.6 Å². The number of nitrogens with zero attached hydrogens (tertiary/aromatic N) is 4. The Bertz CT molecular complexity index is 728. The molecule has 0 radical (unpaired) electrons. The molecule has 10 heteroatoms. The number of hydrogen-bond acceptors (Lipinski definition) is 7. The maximum absolute atomic E-state index is 11.4. The summed E-state index contributed by atoms with van der Waals surface area (Å²) in [5.41, 5.74) is 0.689. The van der Waals surface area contributed by atoms with Crippen molar-refractivity contribution in [3.8, 4) is 0 Å². The third kappa shape index (κ3) is 4.80. The molecular weight excluding hydrogens is 344 g/mol. The summed E-state index contributed by atoms with van der Waals surface area (Å²) in [6.45, 7) is 1.97. The fraction of sp³-hybridized carbons (Fsp3) is 0.467. The SMILES string of the molecule is CNC(=O)Cn1cc(Nc2ncc(Cl)c(NCC3CCCN3)n2)cn1. The minimum atomic E-state index is -0.121. The van der Waals surface area contributed by atoms with Crippen molar-refractivity contribution >= 4 is 35.0 Å². The number of amides is 1. The Morgan fingerprint density at radius 1 is 1.48 bits per heavy atom. The zero-order valence-electron chi connectivity index (χ0n) is 13.9. The molecule has 1 atom stereocenters. The summed E-state index contributed by atoms with van der Waals surface area (Å²) in [6, 6.07) is 0.436. The highest BCUT2D eigenvalue weighted by Crippen LogP contribution is 2.21. The van der Waals surface area contributed by atoms with Crippen LogP contribution in [0.25, 0.3) is 0 Å². The van der Waals surface area contributed by atoms with Crippen LogP contribution in [0.3, 0.4) is 0 Å². The average molecular weight is 365 g/mol. The lowest BCUT2D eigenvalue weighted by molar-refractivity contribution is -0.121. The second-order valence-corrected chi connectivity index (χ2v) is 6.20. The third-order valence-electron chi connectivity index (χ3n) is 3.90. The molecule has 2 aromatic rings. The monoisotopic (exact) mass is 364 g/mol. The van der Waals surface area contributed by atoms with Gasteiger partial charge in [0, 0.05) is 25.8 Å². The van der Waals surface area contributed by atoms with Gasteiger partial charge in [-0.2, -0.15) is 10.1 Å². The molecule has 0 spiro atoms. The van der Waals surface area contributed by atoms with Crippen molar-refractivity contribution in [1.82, 2.24) is 30.4 Å². The molecule has 0 bridgehead atoms.